The summed E-state index contributed by atoms with van der Waals surface area (Å²) >= 11 is 0. The Morgan fingerprint density at radius 1 is 1.21 bits per heavy atom. The van der Waals surface area contributed by atoms with Gasteiger partial charge in [-0.3, -0.25) is 4.84 Å². The highest BCUT2D eigenvalue weighted by Gasteiger charge is 1.89. The van der Waals surface area contributed by atoms with Crippen molar-refractivity contribution >= 4 is 0 Å². The number of aliphatic hydroxyl groups is 1. The number of nitrogens with one attached hydrogen (secondary N) is 1. The lowest BCUT2D eigenvalue weighted by atomic mass is 10.2. The highest BCUT2D eigenvalue weighted by molar-refractivity contribution is 5.13. The van der Waals surface area contributed by atoms with Crippen LogP contribution in [0.4, 0.5) is 0 Å². The lowest BCUT2D eigenvalue weighted by Gasteiger charge is -2.01. The minimum atomic E-state index is -0.111. The van der Waals surface area contributed by atoms with Gasteiger partial charge < -0.3 is 5.11 Å². The third-order valence-corrected chi connectivity index (χ3v) is 1.55. The summed E-state index contributed by atoms with van der Waals surface area (Å²) in [5, 5.41) is 8.36. The molecule has 0 fully saturated rings. The Balaban J connectivity index is 2.10. The lowest BCUT2D eigenvalue weighted by molar-refractivity contribution is 0.0363. The summed E-state index contributed by atoms with van der Waals surface area (Å²) in [4.78, 5) is 5.13. The monoisotopic (exact) mass is 191 g/mol. The molecular formula is C11H13NO2. The Hall–Kier alpha value is -1.34. The summed E-state index contributed by atoms with van der Waals surface area (Å²) in [7, 11) is 0. The van der Waals surface area contributed by atoms with E-state index in [4.69, 9.17) is 9.94 Å². The second kappa shape index (κ2) is 7.10. The summed E-state index contributed by atoms with van der Waals surface area (Å²) in [5.74, 6) is 5.20. The van der Waals surface area contributed by atoms with Gasteiger partial charge in [0.05, 0.1) is 13.2 Å². The van der Waals surface area contributed by atoms with E-state index in [1.54, 1.807) is 0 Å². The summed E-state index contributed by atoms with van der Waals surface area (Å²) < 4.78 is 0. The second-order valence-electron chi connectivity index (χ2n) is 2.61. The molecule has 0 bridgehead atoms. The van der Waals surface area contributed by atoms with Gasteiger partial charge in [-0.2, -0.15) is 5.48 Å². The van der Waals surface area contributed by atoms with Gasteiger partial charge in [0, 0.05) is 0 Å². The van der Waals surface area contributed by atoms with Crippen molar-refractivity contribution in [2.45, 2.75) is 6.61 Å². The average molecular weight is 191 g/mol. The molecule has 0 aliphatic rings. The van der Waals surface area contributed by atoms with Gasteiger partial charge in [0.25, 0.3) is 0 Å². The molecule has 0 unspecified atom stereocenters. The smallest absolute Gasteiger partial charge is 0.104 e. The number of benzene rings is 1. The van der Waals surface area contributed by atoms with Crippen LogP contribution >= 0.6 is 0 Å². The van der Waals surface area contributed by atoms with Crippen molar-refractivity contribution in [3.8, 4) is 11.8 Å². The average Bonchev–Trinajstić information content (AvgIpc) is 2.25. The first-order chi connectivity index (χ1) is 6.93. The zero-order valence-corrected chi connectivity index (χ0v) is 7.86. The fraction of sp³-hybridized carbons (Fsp3) is 0.273. The van der Waals surface area contributed by atoms with Crippen molar-refractivity contribution in [1.29, 1.82) is 0 Å². The third-order valence-electron chi connectivity index (χ3n) is 1.55. The van der Waals surface area contributed by atoms with Crippen LogP contribution in [0.2, 0.25) is 0 Å². The van der Waals surface area contributed by atoms with E-state index in [0.717, 1.165) is 5.56 Å². The van der Waals surface area contributed by atoms with E-state index in [2.05, 4.69) is 17.3 Å². The Labute approximate surface area is 83.7 Å². The maximum Gasteiger partial charge on any atom is 0.104 e. The Morgan fingerprint density at radius 2 is 2.00 bits per heavy atom. The third kappa shape index (κ3) is 4.63. The standard InChI is InChI=1S/C11H13NO2/c13-9-5-4-8-12-14-10-11-6-2-1-3-7-11/h1-3,6-7,12-13H,8-10H2. The van der Waals surface area contributed by atoms with Gasteiger partial charge in [-0.1, -0.05) is 42.2 Å². The van der Waals surface area contributed by atoms with Gasteiger partial charge in [-0.15, -0.1) is 0 Å². The molecule has 1 rings (SSSR count). The fourth-order valence-electron chi connectivity index (χ4n) is 0.914. The van der Waals surface area contributed by atoms with Crippen LogP contribution in [0.25, 0.3) is 0 Å². The minimum absolute atomic E-state index is 0.111. The quantitative estimate of drug-likeness (QED) is 0.418. The van der Waals surface area contributed by atoms with Crippen LogP contribution in [0.5, 0.6) is 0 Å². The summed E-state index contributed by atoms with van der Waals surface area (Å²) in [6.45, 7) is 0.829. The van der Waals surface area contributed by atoms with Crippen molar-refractivity contribution < 1.29 is 9.94 Å². The molecule has 0 amide bonds. The zero-order valence-electron chi connectivity index (χ0n) is 7.86. The molecule has 0 atom stereocenters. The molecule has 0 aliphatic carbocycles. The van der Waals surface area contributed by atoms with Gasteiger partial charge in [-0.25, -0.2) is 0 Å². The first-order valence-corrected chi connectivity index (χ1v) is 4.38. The van der Waals surface area contributed by atoms with E-state index in [-0.39, 0.29) is 6.61 Å². The van der Waals surface area contributed by atoms with E-state index < -0.39 is 0 Å². The molecule has 0 aromatic heterocycles. The predicted octanol–water partition coefficient (Wildman–Crippen LogP) is 0.703. The van der Waals surface area contributed by atoms with Crippen LogP contribution in [0.1, 0.15) is 5.56 Å². The van der Waals surface area contributed by atoms with Crippen LogP contribution in [-0.4, -0.2) is 18.3 Å². The second-order valence-corrected chi connectivity index (χ2v) is 2.61. The maximum atomic E-state index is 8.36. The summed E-state index contributed by atoms with van der Waals surface area (Å²) in [6, 6.07) is 9.86. The topological polar surface area (TPSA) is 41.5 Å². The van der Waals surface area contributed by atoms with Crippen LogP contribution in [0, 0.1) is 11.8 Å². The van der Waals surface area contributed by atoms with Crippen molar-refractivity contribution in [2.75, 3.05) is 13.2 Å². The van der Waals surface area contributed by atoms with Gasteiger partial charge in [-0.05, 0) is 5.56 Å². The van der Waals surface area contributed by atoms with Crippen LogP contribution in [0.3, 0.4) is 0 Å². The van der Waals surface area contributed by atoms with Gasteiger partial charge in [0.1, 0.15) is 6.61 Å². The number of aliphatic hydroxyl groups excluding tert-OH is 1. The molecule has 3 heteroatoms. The van der Waals surface area contributed by atoms with E-state index in [0.29, 0.717) is 13.2 Å². The van der Waals surface area contributed by atoms with Gasteiger partial charge >= 0.3 is 0 Å². The van der Waals surface area contributed by atoms with E-state index >= 15 is 0 Å². The van der Waals surface area contributed by atoms with Gasteiger partial charge in [0.2, 0.25) is 0 Å². The molecule has 2 N–H and O–H groups in total. The van der Waals surface area contributed by atoms with Crippen molar-refractivity contribution in [3.05, 3.63) is 35.9 Å². The van der Waals surface area contributed by atoms with Gasteiger partial charge in [0.15, 0.2) is 0 Å². The van der Waals surface area contributed by atoms with Crippen LogP contribution in [0.15, 0.2) is 30.3 Å². The molecule has 1 aromatic rings. The minimum Gasteiger partial charge on any atom is -0.384 e. The number of hydrogen-bond acceptors (Lipinski definition) is 3. The SMILES string of the molecule is OCC#CCNOCc1ccccc1. The molecule has 0 saturated carbocycles. The molecule has 1 aromatic carbocycles. The predicted molar refractivity (Wildman–Crippen MR) is 54.1 cm³/mol. The molecule has 74 valence electrons. The Morgan fingerprint density at radius 3 is 2.71 bits per heavy atom. The molecule has 0 saturated heterocycles. The van der Waals surface area contributed by atoms with E-state index in [1.165, 1.54) is 0 Å². The number of rotatable bonds is 4. The summed E-state index contributed by atoms with van der Waals surface area (Å²) in [6.07, 6.45) is 0. The number of hydrogen-bond donors (Lipinski definition) is 2. The Bertz CT molecular complexity index is 300. The van der Waals surface area contributed by atoms with E-state index in [1.807, 2.05) is 30.3 Å². The number of hydroxylamine groups is 1. The van der Waals surface area contributed by atoms with Crippen molar-refractivity contribution in [3.63, 3.8) is 0 Å². The highest BCUT2D eigenvalue weighted by atomic mass is 16.6. The molecule has 0 aliphatic heterocycles. The molecular weight excluding hydrogens is 178 g/mol. The lowest BCUT2D eigenvalue weighted by Crippen LogP contribution is -2.14. The fourth-order valence-corrected chi connectivity index (χ4v) is 0.914. The largest absolute Gasteiger partial charge is 0.384 e. The van der Waals surface area contributed by atoms with Crippen molar-refractivity contribution in [1.82, 2.24) is 5.48 Å². The van der Waals surface area contributed by atoms with Crippen LogP contribution in [-0.2, 0) is 11.4 Å². The zero-order chi connectivity index (χ0) is 10.1. The normalized spacial score (nSPS) is 9.21. The molecule has 3 nitrogen and oxygen atoms in total. The molecule has 0 spiro atoms. The molecule has 0 heterocycles. The van der Waals surface area contributed by atoms with Crippen LogP contribution < -0.4 is 5.48 Å². The molecule has 14 heavy (non-hydrogen) atoms. The first kappa shape index (κ1) is 10.7. The molecule has 0 radical (unpaired) electrons. The maximum absolute atomic E-state index is 8.36. The Kier molecular flexibility index (Phi) is 5.45. The summed E-state index contributed by atoms with van der Waals surface area (Å²) in [5.41, 5.74) is 3.79. The first-order valence-electron chi connectivity index (χ1n) is 4.38. The van der Waals surface area contributed by atoms with E-state index in [9.17, 15) is 0 Å². The highest BCUT2D eigenvalue weighted by Crippen LogP contribution is 1.98. The van der Waals surface area contributed by atoms with Crippen molar-refractivity contribution in [2.24, 2.45) is 0 Å².